The van der Waals surface area contributed by atoms with E-state index >= 15 is 0 Å². The minimum absolute atomic E-state index is 0.253. The summed E-state index contributed by atoms with van der Waals surface area (Å²) in [5.41, 5.74) is 0.804. The van der Waals surface area contributed by atoms with Crippen molar-refractivity contribution >= 4 is 10.0 Å². The Bertz CT molecular complexity index is 546. The lowest BCUT2D eigenvalue weighted by molar-refractivity contribution is -0.109. The van der Waals surface area contributed by atoms with Crippen molar-refractivity contribution in [1.29, 1.82) is 0 Å². The lowest BCUT2D eigenvalue weighted by atomic mass is 10.2. The first kappa shape index (κ1) is 17.9. The predicted molar refractivity (Wildman–Crippen MR) is 81.8 cm³/mol. The van der Waals surface area contributed by atoms with Crippen LogP contribution in [0.5, 0.6) is 5.75 Å². The van der Waals surface area contributed by atoms with Gasteiger partial charge < -0.3 is 9.57 Å². The van der Waals surface area contributed by atoms with Gasteiger partial charge in [-0.1, -0.05) is 0 Å². The summed E-state index contributed by atoms with van der Waals surface area (Å²) in [5, 5.41) is 1.65. The standard InChI is InChI=1S/C14H24N2O4S/c1-5-20-14-8-7-13(11-12(14)2)21(17,18)15-9-6-10-16(3)19-4/h7-8,11,15H,5-6,9-10H2,1-4H3. The molecule has 0 aromatic heterocycles. The Morgan fingerprint density at radius 1 is 1.33 bits per heavy atom. The second kappa shape index (κ2) is 8.33. The number of ether oxygens (including phenoxy) is 1. The molecule has 0 aliphatic carbocycles. The molecule has 1 aromatic rings. The van der Waals surface area contributed by atoms with Crippen LogP contribution in [0.2, 0.25) is 0 Å². The summed E-state index contributed by atoms with van der Waals surface area (Å²) in [7, 11) is -0.112. The highest BCUT2D eigenvalue weighted by Crippen LogP contribution is 2.21. The third-order valence-corrected chi connectivity index (χ3v) is 4.47. The molecular weight excluding hydrogens is 292 g/mol. The van der Waals surface area contributed by atoms with Gasteiger partial charge in [-0.25, -0.2) is 13.1 Å². The summed E-state index contributed by atoms with van der Waals surface area (Å²) in [4.78, 5) is 5.21. The molecule has 0 saturated heterocycles. The van der Waals surface area contributed by atoms with Crippen LogP contribution in [0.1, 0.15) is 18.9 Å². The van der Waals surface area contributed by atoms with E-state index in [1.807, 2.05) is 13.8 Å². The van der Waals surface area contributed by atoms with Crippen molar-refractivity contribution in [2.24, 2.45) is 0 Å². The Morgan fingerprint density at radius 3 is 2.62 bits per heavy atom. The summed E-state index contributed by atoms with van der Waals surface area (Å²) in [6.45, 7) is 5.29. The Balaban J connectivity index is 2.64. The van der Waals surface area contributed by atoms with Gasteiger partial charge >= 0.3 is 0 Å². The van der Waals surface area contributed by atoms with Crippen molar-refractivity contribution in [3.8, 4) is 5.75 Å². The quantitative estimate of drug-likeness (QED) is 0.553. The van der Waals surface area contributed by atoms with Gasteiger partial charge in [0.25, 0.3) is 0 Å². The molecule has 0 atom stereocenters. The molecule has 120 valence electrons. The second-order valence-electron chi connectivity index (χ2n) is 4.65. The van der Waals surface area contributed by atoms with Crippen LogP contribution in [0, 0.1) is 6.92 Å². The summed E-state index contributed by atoms with van der Waals surface area (Å²) in [6.07, 6.45) is 0.666. The van der Waals surface area contributed by atoms with Crippen molar-refractivity contribution in [3.63, 3.8) is 0 Å². The number of nitrogens with zero attached hydrogens (tertiary/aromatic N) is 1. The zero-order valence-corrected chi connectivity index (χ0v) is 13.9. The maximum Gasteiger partial charge on any atom is 0.240 e. The van der Waals surface area contributed by atoms with Gasteiger partial charge in [-0.2, -0.15) is 5.06 Å². The molecule has 7 heteroatoms. The van der Waals surface area contributed by atoms with Crippen molar-refractivity contribution in [3.05, 3.63) is 23.8 Å². The third-order valence-electron chi connectivity index (χ3n) is 3.01. The number of aryl methyl sites for hydroxylation is 1. The zero-order chi connectivity index (χ0) is 15.9. The topological polar surface area (TPSA) is 67.9 Å². The number of rotatable bonds is 9. The molecule has 0 bridgehead atoms. The van der Waals surface area contributed by atoms with Gasteiger partial charge in [-0.3, -0.25) is 0 Å². The van der Waals surface area contributed by atoms with Crippen LogP contribution < -0.4 is 9.46 Å². The number of hydrogen-bond acceptors (Lipinski definition) is 5. The van der Waals surface area contributed by atoms with Gasteiger partial charge in [-0.15, -0.1) is 0 Å². The van der Waals surface area contributed by atoms with E-state index in [0.29, 0.717) is 31.9 Å². The van der Waals surface area contributed by atoms with Crippen LogP contribution in [-0.2, 0) is 14.9 Å². The fraction of sp³-hybridized carbons (Fsp3) is 0.571. The van der Waals surface area contributed by atoms with Gasteiger partial charge in [0.2, 0.25) is 10.0 Å². The van der Waals surface area contributed by atoms with E-state index in [4.69, 9.17) is 9.57 Å². The molecule has 21 heavy (non-hydrogen) atoms. The molecule has 1 aromatic carbocycles. The molecule has 0 radical (unpaired) electrons. The average molecular weight is 316 g/mol. The van der Waals surface area contributed by atoms with Crippen LogP contribution in [0.15, 0.2) is 23.1 Å². The Hall–Kier alpha value is -1.15. The summed E-state index contributed by atoms with van der Waals surface area (Å²) >= 11 is 0. The molecule has 6 nitrogen and oxygen atoms in total. The monoisotopic (exact) mass is 316 g/mol. The fourth-order valence-corrected chi connectivity index (χ4v) is 2.95. The van der Waals surface area contributed by atoms with Gasteiger partial charge in [0, 0.05) is 20.1 Å². The molecule has 0 spiro atoms. The highest BCUT2D eigenvalue weighted by atomic mass is 32.2. The number of sulfonamides is 1. The Labute approximate surface area is 127 Å². The SMILES string of the molecule is CCOc1ccc(S(=O)(=O)NCCCN(C)OC)cc1C. The maximum atomic E-state index is 12.2. The van der Waals surface area contributed by atoms with E-state index in [9.17, 15) is 8.42 Å². The van der Waals surface area contributed by atoms with Crippen LogP contribution in [0.3, 0.4) is 0 Å². The van der Waals surface area contributed by atoms with E-state index in [1.54, 1.807) is 37.4 Å². The van der Waals surface area contributed by atoms with Gasteiger partial charge in [0.05, 0.1) is 18.6 Å². The summed E-state index contributed by atoms with van der Waals surface area (Å²) in [6, 6.07) is 4.86. The van der Waals surface area contributed by atoms with E-state index in [1.165, 1.54) is 0 Å². The molecule has 1 N–H and O–H groups in total. The normalized spacial score (nSPS) is 11.9. The Kier molecular flexibility index (Phi) is 7.10. The van der Waals surface area contributed by atoms with E-state index in [-0.39, 0.29) is 4.90 Å². The van der Waals surface area contributed by atoms with Crippen LogP contribution in [-0.4, -0.2) is 47.3 Å². The number of nitrogens with one attached hydrogen (secondary N) is 1. The summed E-state index contributed by atoms with van der Waals surface area (Å²) < 4.78 is 32.3. The number of benzene rings is 1. The highest BCUT2D eigenvalue weighted by Gasteiger charge is 2.14. The molecule has 0 amide bonds. The van der Waals surface area contributed by atoms with Crippen LogP contribution in [0.4, 0.5) is 0 Å². The lowest BCUT2D eigenvalue weighted by Crippen LogP contribution is -2.28. The van der Waals surface area contributed by atoms with Gasteiger partial charge in [0.1, 0.15) is 5.75 Å². The molecule has 0 fully saturated rings. The smallest absolute Gasteiger partial charge is 0.240 e. The molecule has 0 heterocycles. The van der Waals surface area contributed by atoms with Crippen molar-refractivity contribution < 1.29 is 18.0 Å². The number of hydroxylamine groups is 2. The minimum Gasteiger partial charge on any atom is -0.494 e. The first-order valence-corrected chi connectivity index (χ1v) is 8.37. The first-order chi connectivity index (χ1) is 9.90. The van der Waals surface area contributed by atoms with Gasteiger partial charge in [0.15, 0.2) is 0 Å². The second-order valence-corrected chi connectivity index (χ2v) is 6.41. The third kappa shape index (κ3) is 5.62. The molecule has 0 saturated carbocycles. The van der Waals surface area contributed by atoms with E-state index < -0.39 is 10.0 Å². The molecule has 1 rings (SSSR count). The van der Waals surface area contributed by atoms with Crippen molar-refractivity contribution in [2.45, 2.75) is 25.2 Å². The predicted octanol–water partition coefficient (Wildman–Crippen LogP) is 1.56. The highest BCUT2D eigenvalue weighted by molar-refractivity contribution is 7.89. The Morgan fingerprint density at radius 2 is 2.05 bits per heavy atom. The first-order valence-electron chi connectivity index (χ1n) is 6.89. The van der Waals surface area contributed by atoms with Crippen molar-refractivity contribution in [1.82, 2.24) is 9.79 Å². The summed E-state index contributed by atoms with van der Waals surface area (Å²) in [5.74, 6) is 0.707. The van der Waals surface area contributed by atoms with Gasteiger partial charge in [-0.05, 0) is 44.0 Å². The maximum absolute atomic E-state index is 12.2. The fourth-order valence-electron chi connectivity index (χ4n) is 1.79. The molecule has 0 aliphatic rings. The average Bonchev–Trinajstić information content (AvgIpc) is 2.45. The number of hydrogen-bond donors (Lipinski definition) is 1. The molecule has 0 aliphatic heterocycles. The van der Waals surface area contributed by atoms with E-state index in [2.05, 4.69) is 4.72 Å². The van der Waals surface area contributed by atoms with E-state index in [0.717, 1.165) is 5.56 Å². The lowest BCUT2D eigenvalue weighted by Gasteiger charge is -2.14. The van der Waals surface area contributed by atoms with Crippen LogP contribution in [0.25, 0.3) is 0 Å². The molecular formula is C14H24N2O4S. The van der Waals surface area contributed by atoms with Crippen LogP contribution >= 0.6 is 0 Å². The minimum atomic E-state index is -3.48. The zero-order valence-electron chi connectivity index (χ0n) is 13.0. The molecule has 0 unspecified atom stereocenters. The van der Waals surface area contributed by atoms with Crippen molar-refractivity contribution in [2.75, 3.05) is 33.9 Å². The largest absolute Gasteiger partial charge is 0.494 e.